The van der Waals surface area contributed by atoms with Crippen molar-refractivity contribution in [1.82, 2.24) is 19.4 Å². The Kier molecular flexibility index (Phi) is 9.19. The number of benzene rings is 2. The summed E-state index contributed by atoms with van der Waals surface area (Å²) in [6, 6.07) is 3.14. The molecule has 3 fully saturated rings. The van der Waals surface area contributed by atoms with Gasteiger partial charge in [0.25, 0.3) is 0 Å². The highest BCUT2D eigenvalue weighted by atomic mass is 19.1. The van der Waals surface area contributed by atoms with Gasteiger partial charge in [0.15, 0.2) is 11.6 Å². The number of carboxylic acid groups (broad SMARTS) is 2. The van der Waals surface area contributed by atoms with Crippen molar-refractivity contribution in [2.24, 2.45) is 0 Å². The Morgan fingerprint density at radius 3 is 2.19 bits per heavy atom. The number of pyridine rings is 2. The van der Waals surface area contributed by atoms with Crippen molar-refractivity contribution in [2.75, 3.05) is 69.3 Å². The van der Waals surface area contributed by atoms with Crippen LogP contribution in [0.5, 0.6) is 5.75 Å². The number of carboxylic acids is 2. The lowest BCUT2D eigenvalue weighted by molar-refractivity contribution is 0.0683. The van der Waals surface area contributed by atoms with Crippen LogP contribution in [0.1, 0.15) is 65.1 Å². The predicted octanol–water partition coefficient (Wildman–Crippen LogP) is 3.82. The predicted molar refractivity (Wildman–Crippen MR) is 193 cm³/mol. The van der Waals surface area contributed by atoms with Gasteiger partial charge in [-0.15, -0.1) is 0 Å². The van der Waals surface area contributed by atoms with Gasteiger partial charge in [-0.05, 0) is 52.8 Å². The lowest BCUT2D eigenvalue weighted by atomic mass is 10.0. The summed E-state index contributed by atoms with van der Waals surface area (Å²) in [5.41, 5.74) is 0.212. The topological polar surface area (TPSA) is 150 Å². The van der Waals surface area contributed by atoms with E-state index in [1.807, 2.05) is 28.3 Å². The summed E-state index contributed by atoms with van der Waals surface area (Å²) in [6.07, 6.45) is 4.64. The van der Waals surface area contributed by atoms with Gasteiger partial charge in [-0.3, -0.25) is 9.59 Å². The molecule has 2 aromatic carbocycles. The Morgan fingerprint density at radius 2 is 1.56 bits per heavy atom. The number of piperazine rings is 2. The lowest BCUT2D eigenvalue weighted by Gasteiger charge is -2.37. The van der Waals surface area contributed by atoms with Crippen molar-refractivity contribution in [3.05, 3.63) is 73.3 Å². The van der Waals surface area contributed by atoms with Crippen molar-refractivity contribution in [3.63, 3.8) is 0 Å². The average molecular weight is 721 g/mol. The fourth-order valence-electron chi connectivity index (χ4n) is 7.53. The van der Waals surface area contributed by atoms with E-state index in [2.05, 4.69) is 17.1 Å². The zero-order valence-corrected chi connectivity index (χ0v) is 29.5. The van der Waals surface area contributed by atoms with Crippen LogP contribution >= 0.6 is 0 Å². The molecule has 276 valence electrons. The number of likely N-dealkylation sites (N-methyl/N-ethyl adjacent to an activating group) is 1. The molecule has 2 atom stereocenters. The first-order valence-electron chi connectivity index (χ1n) is 17.6. The molecule has 13 nitrogen and oxygen atoms in total. The lowest BCUT2D eigenvalue weighted by Crippen LogP contribution is -2.49. The second-order valence-corrected chi connectivity index (χ2v) is 14.3. The van der Waals surface area contributed by atoms with E-state index in [-0.39, 0.29) is 52.2 Å². The van der Waals surface area contributed by atoms with Crippen molar-refractivity contribution in [2.45, 2.75) is 51.7 Å². The molecular formula is C37H42F2N6O7. The van der Waals surface area contributed by atoms with Gasteiger partial charge in [-0.25, -0.2) is 18.4 Å². The smallest absolute Gasteiger partial charge is 0.341 e. The van der Waals surface area contributed by atoms with Gasteiger partial charge in [-0.2, -0.15) is 0 Å². The summed E-state index contributed by atoms with van der Waals surface area (Å²) in [5, 5.41) is 22.3. The maximum absolute atomic E-state index is 15.1. The third-order valence-corrected chi connectivity index (χ3v) is 10.5. The fourth-order valence-corrected chi connectivity index (χ4v) is 7.53. The number of aromatic nitrogens is 2. The minimum Gasteiger partial charge on any atom is -0.487 e. The second-order valence-electron chi connectivity index (χ2n) is 14.3. The summed E-state index contributed by atoms with van der Waals surface area (Å²) in [4.78, 5) is 54.3. The van der Waals surface area contributed by atoms with Crippen LogP contribution in [0, 0.1) is 18.6 Å². The van der Waals surface area contributed by atoms with Gasteiger partial charge in [-0.1, -0.05) is 0 Å². The Balaban J connectivity index is 0.000000162. The van der Waals surface area contributed by atoms with E-state index in [1.165, 1.54) is 12.4 Å². The summed E-state index contributed by atoms with van der Waals surface area (Å²) in [7, 11) is 2.02. The van der Waals surface area contributed by atoms with E-state index in [0.717, 1.165) is 38.5 Å². The van der Waals surface area contributed by atoms with Crippen LogP contribution in [-0.2, 0) is 0 Å². The number of anilines is 2. The molecule has 1 unspecified atom stereocenters. The van der Waals surface area contributed by atoms with E-state index in [4.69, 9.17) is 4.74 Å². The first-order valence-corrected chi connectivity index (χ1v) is 17.6. The average Bonchev–Trinajstić information content (AvgIpc) is 3.95. The number of aryl methyl sites for hydroxylation is 1. The third-order valence-electron chi connectivity index (χ3n) is 10.5. The van der Waals surface area contributed by atoms with Gasteiger partial charge in [0.1, 0.15) is 29.2 Å². The van der Waals surface area contributed by atoms with Crippen LogP contribution in [0.4, 0.5) is 20.2 Å². The van der Waals surface area contributed by atoms with E-state index < -0.39 is 34.4 Å². The number of nitrogens with zero attached hydrogens (tertiary/aromatic N) is 5. The quantitative estimate of drug-likeness (QED) is 0.276. The largest absolute Gasteiger partial charge is 0.487 e. The normalized spacial score (nSPS) is 20.4. The van der Waals surface area contributed by atoms with Crippen LogP contribution in [0.3, 0.4) is 0 Å². The molecule has 0 bridgehead atoms. The number of rotatable bonds is 5. The van der Waals surface area contributed by atoms with E-state index in [1.54, 1.807) is 17.6 Å². The van der Waals surface area contributed by atoms with Crippen molar-refractivity contribution in [1.29, 1.82) is 0 Å². The zero-order valence-electron chi connectivity index (χ0n) is 29.5. The third kappa shape index (κ3) is 6.15. The Hall–Kier alpha value is -5.02. The number of halogens is 2. The monoisotopic (exact) mass is 720 g/mol. The first kappa shape index (κ1) is 35.4. The van der Waals surface area contributed by atoms with E-state index in [0.29, 0.717) is 54.3 Å². The van der Waals surface area contributed by atoms with Gasteiger partial charge < -0.3 is 44.1 Å². The van der Waals surface area contributed by atoms with Crippen molar-refractivity contribution >= 4 is 45.1 Å². The molecule has 0 spiro atoms. The molecule has 5 heterocycles. The number of fused-ring (bicyclic) bond motifs is 1. The first-order chi connectivity index (χ1) is 24.8. The molecular weight excluding hydrogens is 678 g/mol. The van der Waals surface area contributed by atoms with Crippen LogP contribution < -0.4 is 30.7 Å². The maximum Gasteiger partial charge on any atom is 0.341 e. The summed E-state index contributed by atoms with van der Waals surface area (Å²) in [6.45, 7) is 10.8. The fraction of sp³-hybridized carbons (Fsp3) is 0.459. The van der Waals surface area contributed by atoms with Crippen LogP contribution in [0.25, 0.3) is 21.8 Å². The molecule has 52 heavy (non-hydrogen) atoms. The van der Waals surface area contributed by atoms with Crippen LogP contribution in [0.15, 0.2) is 34.1 Å². The highest BCUT2D eigenvalue weighted by molar-refractivity contribution is 5.97. The molecule has 2 saturated heterocycles. The standard InChI is InChI=1S/C19H22FN3O3.C18H20FN3O4/c1-10-8-22(6-5-21-10)15-7-14-16(11(2)17(15)20)18(24)13(19(25)26)9-23(14)12-3-4-12;1-10-9-26-17-14-11(16(23)12(18(24)25)8-22(10)14)7-13(19)15(17)21-5-3-20(2)4-6-21/h7,9-10,12,21H,3-6,8H2,1-2H3,(H,25,26);7-8,10H,3-6,9H2,1-2H3,(H,24,25)/t;10-/m.0/s1. The van der Waals surface area contributed by atoms with Gasteiger partial charge >= 0.3 is 11.9 Å². The highest BCUT2D eigenvalue weighted by Gasteiger charge is 2.32. The molecule has 3 aliphatic heterocycles. The molecule has 2 aromatic heterocycles. The molecule has 3 N–H and O–H groups in total. The number of hydrogen-bond donors (Lipinski definition) is 3. The van der Waals surface area contributed by atoms with Crippen molar-refractivity contribution in [3.8, 4) is 5.75 Å². The number of carbonyl (C=O) groups is 2. The van der Waals surface area contributed by atoms with Crippen LogP contribution in [0.2, 0.25) is 0 Å². The van der Waals surface area contributed by atoms with Gasteiger partial charge in [0, 0.05) is 75.9 Å². The minimum atomic E-state index is -1.32. The maximum atomic E-state index is 15.1. The molecule has 4 aromatic rings. The molecule has 1 aliphatic carbocycles. The van der Waals surface area contributed by atoms with Crippen LogP contribution in [-0.4, -0.2) is 102 Å². The molecule has 1 saturated carbocycles. The summed E-state index contributed by atoms with van der Waals surface area (Å²) >= 11 is 0. The van der Waals surface area contributed by atoms with Gasteiger partial charge in [0.05, 0.1) is 33.5 Å². The van der Waals surface area contributed by atoms with E-state index >= 15 is 4.39 Å². The summed E-state index contributed by atoms with van der Waals surface area (Å²) in [5.74, 6) is -3.25. The summed E-state index contributed by atoms with van der Waals surface area (Å²) < 4.78 is 39.6. The SMILES string of the molecule is C[C@H]1COc2c(N3CCN(C)CC3)c(F)cc3c(=O)c(C(=O)O)cn1c23.Cc1c(F)c(N2CCNC(C)C2)cc2c1c(=O)c(C(=O)O)cn2C1CC1. The number of hydrogen-bond acceptors (Lipinski definition) is 9. The molecule has 0 radical (unpaired) electrons. The van der Waals surface area contributed by atoms with Crippen molar-refractivity contribution < 1.29 is 33.3 Å². The Bertz CT molecular complexity index is 2240. The zero-order chi connectivity index (χ0) is 37.2. The minimum absolute atomic E-state index is 0.0434. The second kappa shape index (κ2) is 13.5. The molecule has 8 rings (SSSR count). The molecule has 0 amide bonds. The number of aromatic carboxylic acids is 2. The molecule has 15 heteroatoms. The highest BCUT2D eigenvalue weighted by Crippen LogP contribution is 2.42. The van der Waals surface area contributed by atoms with E-state index in [9.17, 15) is 33.8 Å². The number of nitrogens with one attached hydrogen (secondary N) is 1. The van der Waals surface area contributed by atoms with Gasteiger partial charge in [0.2, 0.25) is 10.9 Å². The molecule has 4 aliphatic rings. The Labute approximate surface area is 297 Å². The Morgan fingerprint density at radius 1 is 0.904 bits per heavy atom. The number of ether oxygens (including phenoxy) is 1.